The van der Waals surface area contributed by atoms with Gasteiger partial charge in [-0.15, -0.1) is 0 Å². The number of amides is 1. The van der Waals surface area contributed by atoms with Crippen LogP contribution in [0.3, 0.4) is 0 Å². The fraction of sp³-hybridized carbons (Fsp3) is 0.250. The summed E-state index contributed by atoms with van der Waals surface area (Å²) in [6.07, 6.45) is 1.11. The molecule has 0 radical (unpaired) electrons. The Labute approximate surface area is 157 Å². The summed E-state index contributed by atoms with van der Waals surface area (Å²) in [5.41, 5.74) is 4.34. The third-order valence-electron chi connectivity index (χ3n) is 4.23. The van der Waals surface area contributed by atoms with Crippen LogP contribution < -0.4 is 5.32 Å². The molecule has 26 heavy (non-hydrogen) atoms. The van der Waals surface area contributed by atoms with Crippen molar-refractivity contribution in [3.05, 3.63) is 70.1 Å². The van der Waals surface area contributed by atoms with Crippen molar-refractivity contribution in [2.45, 2.75) is 33.2 Å². The van der Waals surface area contributed by atoms with E-state index in [9.17, 15) is 4.79 Å². The molecular weight excluding hydrogens is 350 g/mol. The van der Waals surface area contributed by atoms with Crippen LogP contribution in [0, 0.1) is 13.8 Å². The lowest BCUT2D eigenvalue weighted by Gasteiger charge is -2.05. The number of nitrogens with zero attached hydrogens (tertiary/aromatic N) is 2. The Hall–Kier alpha value is -2.66. The van der Waals surface area contributed by atoms with Crippen LogP contribution in [0.25, 0.3) is 11.4 Å². The van der Waals surface area contributed by atoms with Crippen molar-refractivity contribution in [3.8, 4) is 11.4 Å². The maximum Gasteiger partial charge on any atom is 0.246 e. The minimum absolute atomic E-state index is 0.0549. The predicted octanol–water partition coefficient (Wildman–Crippen LogP) is 4.26. The third kappa shape index (κ3) is 4.49. The fourth-order valence-electron chi connectivity index (χ4n) is 2.56. The largest absolute Gasteiger partial charge is 0.347 e. The third-order valence-corrected chi connectivity index (χ3v) is 4.56. The molecule has 0 fully saturated rings. The average molecular weight is 370 g/mol. The molecule has 0 spiro atoms. The van der Waals surface area contributed by atoms with Crippen LogP contribution in [0.2, 0.25) is 5.02 Å². The van der Waals surface area contributed by atoms with Gasteiger partial charge in [-0.2, -0.15) is 4.98 Å². The number of rotatable bonds is 6. The summed E-state index contributed by atoms with van der Waals surface area (Å²) in [5, 5.41) is 7.27. The Morgan fingerprint density at radius 3 is 2.73 bits per heavy atom. The van der Waals surface area contributed by atoms with E-state index in [1.54, 1.807) is 6.07 Å². The number of hydrogen-bond donors (Lipinski definition) is 1. The minimum atomic E-state index is -0.0549. The average Bonchev–Trinajstić information content (AvgIpc) is 3.10. The van der Waals surface area contributed by atoms with Crippen molar-refractivity contribution >= 4 is 17.5 Å². The van der Waals surface area contributed by atoms with Gasteiger partial charge in [0.1, 0.15) is 0 Å². The van der Waals surface area contributed by atoms with E-state index in [-0.39, 0.29) is 12.5 Å². The Balaban J connectivity index is 1.52. The van der Waals surface area contributed by atoms with E-state index in [2.05, 4.69) is 47.5 Å². The second-order valence-corrected chi connectivity index (χ2v) is 6.59. The van der Waals surface area contributed by atoms with Gasteiger partial charge in [-0.1, -0.05) is 47.1 Å². The van der Waals surface area contributed by atoms with Gasteiger partial charge in [0.15, 0.2) is 0 Å². The molecular formula is C20H20ClN3O2. The van der Waals surface area contributed by atoms with E-state index < -0.39 is 0 Å². The van der Waals surface area contributed by atoms with Gasteiger partial charge in [0.2, 0.25) is 17.6 Å². The Morgan fingerprint density at radius 1 is 1.15 bits per heavy atom. The minimum Gasteiger partial charge on any atom is -0.347 e. The second-order valence-electron chi connectivity index (χ2n) is 6.19. The zero-order valence-corrected chi connectivity index (χ0v) is 15.5. The van der Waals surface area contributed by atoms with Gasteiger partial charge < -0.3 is 9.84 Å². The molecule has 0 aliphatic heterocycles. The van der Waals surface area contributed by atoms with Gasteiger partial charge in [0.25, 0.3) is 0 Å². The lowest BCUT2D eigenvalue weighted by atomic mass is 10.0. The molecule has 0 aliphatic carbocycles. The molecule has 134 valence electrons. The zero-order chi connectivity index (χ0) is 18.5. The maximum absolute atomic E-state index is 12.1. The summed E-state index contributed by atoms with van der Waals surface area (Å²) in [5.74, 6) is 0.704. The lowest BCUT2D eigenvalue weighted by molar-refractivity contribution is -0.121. The normalized spacial score (nSPS) is 10.7. The first-order chi connectivity index (χ1) is 12.5. The highest BCUT2D eigenvalue weighted by Gasteiger charge is 2.12. The van der Waals surface area contributed by atoms with Crippen molar-refractivity contribution in [1.82, 2.24) is 15.5 Å². The molecule has 1 amide bonds. The van der Waals surface area contributed by atoms with E-state index in [1.807, 2.05) is 18.2 Å². The highest BCUT2D eigenvalue weighted by molar-refractivity contribution is 6.33. The number of aromatic nitrogens is 2. The molecule has 2 aromatic carbocycles. The standard InChI is InChI=1S/C20H20ClN3O2/c1-13-7-8-15(11-14(13)2)9-10-18(25)22-12-19-23-20(24-26-19)16-5-3-4-6-17(16)21/h3-8,11H,9-10,12H2,1-2H3,(H,22,25). The number of hydrogen-bond acceptors (Lipinski definition) is 4. The van der Waals surface area contributed by atoms with Crippen LogP contribution in [0.4, 0.5) is 0 Å². The molecule has 3 rings (SSSR count). The van der Waals surface area contributed by atoms with E-state index in [4.69, 9.17) is 16.1 Å². The van der Waals surface area contributed by atoms with E-state index in [0.29, 0.717) is 35.1 Å². The molecule has 0 atom stereocenters. The molecule has 1 N–H and O–H groups in total. The van der Waals surface area contributed by atoms with Crippen LogP contribution in [0.1, 0.15) is 29.0 Å². The number of halogens is 1. The molecule has 6 heteroatoms. The van der Waals surface area contributed by atoms with Gasteiger partial charge in [-0.3, -0.25) is 4.79 Å². The van der Waals surface area contributed by atoms with Gasteiger partial charge >= 0.3 is 0 Å². The number of carbonyl (C=O) groups excluding carboxylic acids is 1. The topological polar surface area (TPSA) is 68.0 Å². The Kier molecular flexibility index (Phi) is 5.68. The molecule has 3 aromatic rings. The van der Waals surface area contributed by atoms with Crippen LogP contribution in [-0.4, -0.2) is 16.0 Å². The van der Waals surface area contributed by atoms with Crippen LogP contribution in [0.15, 0.2) is 47.0 Å². The van der Waals surface area contributed by atoms with Crippen LogP contribution in [0.5, 0.6) is 0 Å². The smallest absolute Gasteiger partial charge is 0.246 e. The van der Waals surface area contributed by atoms with Crippen molar-refractivity contribution in [1.29, 1.82) is 0 Å². The highest BCUT2D eigenvalue weighted by Crippen LogP contribution is 2.24. The van der Waals surface area contributed by atoms with E-state index in [1.165, 1.54) is 11.1 Å². The van der Waals surface area contributed by atoms with E-state index in [0.717, 1.165) is 5.56 Å². The number of aryl methyl sites for hydroxylation is 3. The monoisotopic (exact) mass is 369 g/mol. The van der Waals surface area contributed by atoms with Crippen molar-refractivity contribution in [2.75, 3.05) is 0 Å². The molecule has 0 saturated heterocycles. The second kappa shape index (κ2) is 8.15. The summed E-state index contributed by atoms with van der Waals surface area (Å²) in [6.45, 7) is 4.35. The summed E-state index contributed by atoms with van der Waals surface area (Å²) in [4.78, 5) is 16.3. The number of benzene rings is 2. The first-order valence-corrected chi connectivity index (χ1v) is 8.81. The quantitative estimate of drug-likeness (QED) is 0.705. The van der Waals surface area contributed by atoms with Crippen molar-refractivity contribution < 1.29 is 9.32 Å². The molecule has 1 aromatic heterocycles. The van der Waals surface area contributed by atoms with Crippen LogP contribution in [-0.2, 0) is 17.8 Å². The molecule has 0 aliphatic rings. The molecule has 0 bridgehead atoms. The van der Waals surface area contributed by atoms with Gasteiger partial charge in [0.05, 0.1) is 11.6 Å². The first kappa shape index (κ1) is 18.1. The van der Waals surface area contributed by atoms with E-state index >= 15 is 0 Å². The fourth-order valence-corrected chi connectivity index (χ4v) is 2.78. The molecule has 0 saturated carbocycles. The van der Waals surface area contributed by atoms with Crippen molar-refractivity contribution in [2.24, 2.45) is 0 Å². The van der Waals surface area contributed by atoms with Gasteiger partial charge in [-0.25, -0.2) is 0 Å². The molecule has 0 unspecified atom stereocenters. The summed E-state index contributed by atoms with van der Waals surface area (Å²) >= 11 is 6.12. The lowest BCUT2D eigenvalue weighted by Crippen LogP contribution is -2.23. The zero-order valence-electron chi connectivity index (χ0n) is 14.8. The SMILES string of the molecule is Cc1ccc(CCC(=O)NCc2nc(-c3ccccc3Cl)no2)cc1C. The highest BCUT2D eigenvalue weighted by atomic mass is 35.5. The Morgan fingerprint density at radius 2 is 1.96 bits per heavy atom. The van der Waals surface area contributed by atoms with Crippen molar-refractivity contribution in [3.63, 3.8) is 0 Å². The number of carbonyl (C=O) groups is 1. The van der Waals surface area contributed by atoms with Gasteiger partial charge in [-0.05, 0) is 49.1 Å². The number of nitrogens with one attached hydrogen (secondary N) is 1. The molecule has 1 heterocycles. The summed E-state index contributed by atoms with van der Waals surface area (Å²) in [7, 11) is 0. The summed E-state index contributed by atoms with van der Waals surface area (Å²) < 4.78 is 5.18. The Bertz CT molecular complexity index is 921. The van der Waals surface area contributed by atoms with Gasteiger partial charge in [0, 0.05) is 12.0 Å². The maximum atomic E-state index is 12.1. The van der Waals surface area contributed by atoms with Crippen LogP contribution >= 0.6 is 11.6 Å². The summed E-state index contributed by atoms with van der Waals surface area (Å²) in [6, 6.07) is 13.5. The molecule has 5 nitrogen and oxygen atoms in total. The first-order valence-electron chi connectivity index (χ1n) is 8.43. The predicted molar refractivity (Wildman–Crippen MR) is 101 cm³/mol.